The molecule has 0 aliphatic heterocycles. The van der Waals surface area contributed by atoms with Gasteiger partial charge in [-0.1, -0.05) is 12.1 Å². The number of hydrogen-bond donors (Lipinski definition) is 1. The average molecular weight is 258 g/mol. The molecule has 1 unspecified atom stereocenters. The summed E-state index contributed by atoms with van der Waals surface area (Å²) in [5, 5.41) is 3.26. The van der Waals surface area contributed by atoms with Crippen molar-refractivity contribution in [2.24, 2.45) is 0 Å². The number of pyridine rings is 1. The van der Waals surface area contributed by atoms with Crippen molar-refractivity contribution < 1.29 is 4.39 Å². The van der Waals surface area contributed by atoms with E-state index in [2.05, 4.69) is 16.4 Å². The molecule has 0 amide bonds. The number of halogens is 1. The third-order valence-corrected chi connectivity index (χ3v) is 3.42. The Morgan fingerprint density at radius 3 is 2.42 bits per heavy atom. The van der Waals surface area contributed by atoms with Crippen LogP contribution in [0.5, 0.6) is 0 Å². The minimum absolute atomic E-state index is 0.0381. The van der Waals surface area contributed by atoms with Gasteiger partial charge in [-0.15, -0.1) is 0 Å². The summed E-state index contributed by atoms with van der Waals surface area (Å²) in [4.78, 5) is 4.49. The van der Waals surface area contributed by atoms with Crippen LogP contribution < -0.4 is 5.32 Å². The third-order valence-electron chi connectivity index (χ3n) is 3.42. The summed E-state index contributed by atoms with van der Waals surface area (Å²) in [6.45, 7) is 5.95. The van der Waals surface area contributed by atoms with Crippen LogP contribution in [0.3, 0.4) is 0 Å². The van der Waals surface area contributed by atoms with Gasteiger partial charge in [0.2, 0.25) is 0 Å². The van der Waals surface area contributed by atoms with Crippen molar-refractivity contribution in [1.29, 1.82) is 0 Å². The Bertz CT molecular complexity index is 593. The second-order valence-corrected chi connectivity index (χ2v) is 4.85. The first kappa shape index (κ1) is 13.7. The summed E-state index contributed by atoms with van der Waals surface area (Å²) in [7, 11) is 1.88. The van der Waals surface area contributed by atoms with Gasteiger partial charge in [0.15, 0.2) is 0 Å². The zero-order chi connectivity index (χ0) is 14.0. The van der Waals surface area contributed by atoms with Gasteiger partial charge in [0.05, 0.1) is 6.04 Å². The van der Waals surface area contributed by atoms with Gasteiger partial charge in [-0.05, 0) is 62.7 Å². The highest BCUT2D eigenvalue weighted by atomic mass is 19.1. The van der Waals surface area contributed by atoms with Crippen molar-refractivity contribution in [3.63, 3.8) is 0 Å². The highest BCUT2D eigenvalue weighted by molar-refractivity contribution is 5.39. The average Bonchev–Trinajstić information content (AvgIpc) is 2.36. The molecule has 3 heteroatoms. The number of nitrogens with zero attached hydrogens (tertiary/aromatic N) is 1. The van der Waals surface area contributed by atoms with E-state index in [-0.39, 0.29) is 11.9 Å². The molecule has 1 N–H and O–H groups in total. The largest absolute Gasteiger partial charge is 0.309 e. The molecule has 1 aromatic heterocycles. The molecule has 0 saturated heterocycles. The van der Waals surface area contributed by atoms with Crippen molar-refractivity contribution in [2.45, 2.75) is 26.8 Å². The molecule has 100 valence electrons. The van der Waals surface area contributed by atoms with Crippen molar-refractivity contribution >= 4 is 0 Å². The summed E-state index contributed by atoms with van der Waals surface area (Å²) in [6, 6.07) is 8.90. The quantitative estimate of drug-likeness (QED) is 0.912. The maximum atomic E-state index is 13.5. The number of benzene rings is 1. The van der Waals surface area contributed by atoms with E-state index in [1.807, 2.05) is 40.0 Å². The van der Waals surface area contributed by atoms with Crippen LogP contribution in [0.25, 0.3) is 0 Å². The molecule has 2 nitrogen and oxygen atoms in total. The topological polar surface area (TPSA) is 24.9 Å². The summed E-state index contributed by atoms with van der Waals surface area (Å²) in [5.74, 6) is -0.210. The van der Waals surface area contributed by atoms with E-state index >= 15 is 0 Å². The normalized spacial score (nSPS) is 12.5. The highest BCUT2D eigenvalue weighted by Gasteiger charge is 2.17. The second kappa shape index (κ2) is 5.49. The zero-order valence-corrected chi connectivity index (χ0v) is 11.8. The van der Waals surface area contributed by atoms with Crippen LogP contribution in [0, 0.1) is 26.6 Å². The van der Waals surface area contributed by atoms with Crippen LogP contribution in [0.4, 0.5) is 4.39 Å². The Hall–Kier alpha value is -1.74. The van der Waals surface area contributed by atoms with Crippen LogP contribution in [-0.2, 0) is 0 Å². The molecular weight excluding hydrogens is 239 g/mol. The lowest BCUT2D eigenvalue weighted by molar-refractivity contribution is 0.614. The van der Waals surface area contributed by atoms with E-state index in [4.69, 9.17) is 0 Å². The summed E-state index contributed by atoms with van der Waals surface area (Å²) in [6.07, 6.45) is 0. The molecule has 0 saturated carbocycles. The maximum Gasteiger partial charge on any atom is 0.123 e. The fourth-order valence-electron chi connectivity index (χ4n) is 2.40. The fourth-order valence-corrected chi connectivity index (χ4v) is 2.40. The van der Waals surface area contributed by atoms with E-state index in [1.54, 1.807) is 6.07 Å². The summed E-state index contributed by atoms with van der Waals surface area (Å²) in [5.41, 5.74) is 5.08. The van der Waals surface area contributed by atoms with Crippen LogP contribution in [-0.4, -0.2) is 12.0 Å². The first-order chi connectivity index (χ1) is 9.02. The minimum Gasteiger partial charge on any atom is -0.309 e. The Labute approximate surface area is 113 Å². The molecular formula is C16H19FN2. The fraction of sp³-hybridized carbons (Fsp3) is 0.312. The van der Waals surface area contributed by atoms with Crippen LogP contribution in [0.1, 0.15) is 34.1 Å². The molecule has 1 aromatic carbocycles. The summed E-state index contributed by atoms with van der Waals surface area (Å²) >= 11 is 0. The van der Waals surface area contributed by atoms with Crippen molar-refractivity contribution in [3.8, 4) is 0 Å². The number of nitrogens with one attached hydrogen (secondary N) is 1. The smallest absolute Gasteiger partial charge is 0.123 e. The van der Waals surface area contributed by atoms with Crippen molar-refractivity contribution in [1.82, 2.24) is 10.3 Å². The molecule has 0 aliphatic rings. The molecule has 2 rings (SSSR count). The van der Waals surface area contributed by atoms with Crippen LogP contribution >= 0.6 is 0 Å². The van der Waals surface area contributed by atoms with Gasteiger partial charge >= 0.3 is 0 Å². The highest BCUT2D eigenvalue weighted by Crippen LogP contribution is 2.27. The van der Waals surface area contributed by atoms with Gasteiger partial charge in [0, 0.05) is 11.4 Å². The van der Waals surface area contributed by atoms with E-state index in [0.29, 0.717) is 0 Å². The van der Waals surface area contributed by atoms with E-state index in [9.17, 15) is 4.39 Å². The van der Waals surface area contributed by atoms with E-state index < -0.39 is 0 Å². The molecule has 0 fully saturated rings. The van der Waals surface area contributed by atoms with E-state index in [0.717, 1.165) is 28.1 Å². The first-order valence-corrected chi connectivity index (χ1v) is 6.40. The lowest BCUT2D eigenvalue weighted by Gasteiger charge is -2.21. The van der Waals surface area contributed by atoms with E-state index in [1.165, 1.54) is 6.07 Å². The molecule has 19 heavy (non-hydrogen) atoms. The number of hydrogen-bond acceptors (Lipinski definition) is 2. The van der Waals surface area contributed by atoms with Gasteiger partial charge in [0.1, 0.15) is 5.82 Å². The molecule has 1 atom stereocenters. The van der Waals surface area contributed by atoms with Crippen molar-refractivity contribution in [3.05, 3.63) is 64.2 Å². The molecule has 0 spiro atoms. The monoisotopic (exact) mass is 258 g/mol. The SMILES string of the molecule is CNC(c1cc(F)ccc1C)c1ccc(C)nc1C. The molecule has 0 bridgehead atoms. The first-order valence-electron chi connectivity index (χ1n) is 6.40. The second-order valence-electron chi connectivity index (χ2n) is 4.85. The Balaban J connectivity index is 2.52. The Morgan fingerprint density at radius 2 is 1.79 bits per heavy atom. The molecule has 2 aromatic rings. The van der Waals surface area contributed by atoms with Gasteiger partial charge in [0.25, 0.3) is 0 Å². The van der Waals surface area contributed by atoms with Crippen LogP contribution in [0.15, 0.2) is 30.3 Å². The predicted molar refractivity (Wildman–Crippen MR) is 75.8 cm³/mol. The molecule has 1 heterocycles. The Kier molecular flexibility index (Phi) is 3.96. The molecule has 0 radical (unpaired) electrons. The van der Waals surface area contributed by atoms with Crippen LogP contribution in [0.2, 0.25) is 0 Å². The summed E-state index contributed by atoms with van der Waals surface area (Å²) < 4.78 is 13.5. The Morgan fingerprint density at radius 1 is 1.05 bits per heavy atom. The maximum absolute atomic E-state index is 13.5. The number of aryl methyl sites for hydroxylation is 3. The van der Waals surface area contributed by atoms with Gasteiger partial charge < -0.3 is 5.32 Å². The zero-order valence-electron chi connectivity index (χ0n) is 11.8. The lowest BCUT2D eigenvalue weighted by atomic mass is 9.94. The lowest BCUT2D eigenvalue weighted by Crippen LogP contribution is -2.20. The third kappa shape index (κ3) is 2.82. The minimum atomic E-state index is -0.210. The molecule has 0 aliphatic carbocycles. The number of rotatable bonds is 3. The van der Waals surface area contributed by atoms with Gasteiger partial charge in [-0.2, -0.15) is 0 Å². The standard InChI is InChI=1S/C16H19FN2/c1-10-5-7-13(17)9-15(10)16(18-4)14-8-6-11(2)19-12(14)3/h5-9,16,18H,1-4H3. The number of aromatic nitrogens is 1. The van der Waals surface area contributed by atoms with Gasteiger partial charge in [-0.3, -0.25) is 4.98 Å². The van der Waals surface area contributed by atoms with Gasteiger partial charge in [-0.25, -0.2) is 4.39 Å². The van der Waals surface area contributed by atoms with Crippen molar-refractivity contribution in [2.75, 3.05) is 7.05 Å². The predicted octanol–water partition coefficient (Wildman–Crippen LogP) is 3.45.